The summed E-state index contributed by atoms with van der Waals surface area (Å²) in [6, 6.07) is 7.94. The van der Waals surface area contributed by atoms with Crippen molar-refractivity contribution < 1.29 is 4.74 Å². The summed E-state index contributed by atoms with van der Waals surface area (Å²) in [5.41, 5.74) is 1.22. The first-order chi connectivity index (χ1) is 6.01. The zero-order chi connectivity index (χ0) is 9.90. The summed E-state index contributed by atoms with van der Waals surface area (Å²) in [4.78, 5) is 0. The van der Waals surface area contributed by atoms with E-state index in [1.165, 1.54) is 0 Å². The van der Waals surface area contributed by atoms with E-state index in [4.69, 9.17) is 4.74 Å². The first-order valence-corrected chi connectivity index (χ1v) is 4.43. The van der Waals surface area contributed by atoms with Crippen LogP contribution in [-0.2, 0) is 0 Å². The lowest BCUT2D eigenvalue weighted by Gasteiger charge is -2.22. The fourth-order valence-electron chi connectivity index (χ4n) is 1.11. The van der Waals surface area contributed by atoms with Crippen LogP contribution in [0.2, 0.25) is 0 Å². The van der Waals surface area contributed by atoms with Crippen LogP contribution in [0.5, 0.6) is 5.75 Å². The summed E-state index contributed by atoms with van der Waals surface area (Å²) in [5, 5.41) is 3.38. The highest BCUT2D eigenvalue weighted by atomic mass is 16.5. The fraction of sp³-hybridized carbons (Fsp3) is 0.455. The first kappa shape index (κ1) is 9.90. The predicted molar refractivity (Wildman–Crippen MR) is 56.4 cm³/mol. The van der Waals surface area contributed by atoms with Crippen molar-refractivity contribution in [1.82, 2.24) is 0 Å². The summed E-state index contributed by atoms with van der Waals surface area (Å²) in [6.07, 6.45) is 0. The molecule has 72 valence electrons. The number of benzene rings is 1. The number of nitrogens with one attached hydrogen (secondary N) is 1. The van der Waals surface area contributed by atoms with Gasteiger partial charge in [-0.15, -0.1) is 0 Å². The summed E-state index contributed by atoms with van der Waals surface area (Å²) < 4.78 is 5.07. The molecule has 0 atom stereocenters. The van der Waals surface area contributed by atoms with Crippen LogP contribution in [-0.4, -0.2) is 12.6 Å². The second-order valence-corrected chi connectivity index (χ2v) is 4.10. The van der Waals surface area contributed by atoms with Gasteiger partial charge in [-0.05, 0) is 45.0 Å². The molecule has 2 nitrogen and oxygen atoms in total. The maximum atomic E-state index is 5.07. The van der Waals surface area contributed by atoms with E-state index >= 15 is 0 Å². The Morgan fingerprint density at radius 2 is 1.62 bits per heavy atom. The van der Waals surface area contributed by atoms with Crippen molar-refractivity contribution in [3.8, 4) is 5.75 Å². The number of ether oxygens (including phenoxy) is 1. The minimum Gasteiger partial charge on any atom is -0.497 e. The molecule has 0 spiro atoms. The van der Waals surface area contributed by atoms with Gasteiger partial charge in [0.15, 0.2) is 0 Å². The molecule has 13 heavy (non-hydrogen) atoms. The monoisotopic (exact) mass is 179 g/mol. The van der Waals surface area contributed by atoms with E-state index in [-0.39, 0.29) is 5.54 Å². The lowest BCUT2D eigenvalue weighted by molar-refractivity contribution is 0.415. The van der Waals surface area contributed by atoms with Crippen LogP contribution in [0, 0.1) is 0 Å². The zero-order valence-corrected chi connectivity index (χ0v) is 8.72. The first-order valence-electron chi connectivity index (χ1n) is 4.43. The third-order valence-corrected chi connectivity index (χ3v) is 1.61. The van der Waals surface area contributed by atoms with E-state index in [0.29, 0.717) is 0 Å². The van der Waals surface area contributed by atoms with Crippen LogP contribution >= 0.6 is 0 Å². The van der Waals surface area contributed by atoms with Crippen LogP contribution in [0.1, 0.15) is 20.8 Å². The Hall–Kier alpha value is -1.18. The molecular formula is C11H17NO. The highest BCUT2D eigenvalue weighted by molar-refractivity contribution is 5.47. The molecule has 0 radical (unpaired) electrons. The third-order valence-electron chi connectivity index (χ3n) is 1.61. The van der Waals surface area contributed by atoms with Crippen molar-refractivity contribution in [2.45, 2.75) is 26.3 Å². The normalized spacial score (nSPS) is 11.1. The van der Waals surface area contributed by atoms with E-state index in [2.05, 4.69) is 26.1 Å². The molecule has 0 aromatic heterocycles. The minimum atomic E-state index is 0.106. The van der Waals surface area contributed by atoms with Gasteiger partial charge < -0.3 is 10.1 Å². The van der Waals surface area contributed by atoms with E-state index in [9.17, 15) is 0 Å². The molecular weight excluding hydrogens is 162 g/mol. The van der Waals surface area contributed by atoms with Crippen LogP contribution in [0.3, 0.4) is 0 Å². The third kappa shape index (κ3) is 3.36. The molecule has 1 N–H and O–H groups in total. The van der Waals surface area contributed by atoms with Gasteiger partial charge in [0.05, 0.1) is 7.11 Å². The largest absolute Gasteiger partial charge is 0.497 e. The molecule has 2 heteroatoms. The molecule has 0 amide bonds. The predicted octanol–water partition coefficient (Wildman–Crippen LogP) is 2.91. The lowest BCUT2D eigenvalue weighted by Crippen LogP contribution is -2.25. The molecule has 0 fully saturated rings. The highest BCUT2D eigenvalue weighted by Crippen LogP contribution is 2.18. The van der Waals surface area contributed by atoms with Crippen LogP contribution in [0.15, 0.2) is 24.3 Å². The SMILES string of the molecule is COc1ccc(NC(C)(C)C)cc1. The second kappa shape index (κ2) is 3.69. The van der Waals surface area contributed by atoms with Gasteiger partial charge in [0.2, 0.25) is 0 Å². The van der Waals surface area contributed by atoms with Crippen LogP contribution in [0.4, 0.5) is 5.69 Å². The minimum absolute atomic E-state index is 0.106. The molecule has 0 aliphatic carbocycles. The molecule has 0 heterocycles. The smallest absolute Gasteiger partial charge is 0.119 e. The van der Waals surface area contributed by atoms with Crippen LogP contribution in [0.25, 0.3) is 0 Å². The van der Waals surface area contributed by atoms with Gasteiger partial charge in [-0.3, -0.25) is 0 Å². The van der Waals surface area contributed by atoms with E-state index in [0.717, 1.165) is 11.4 Å². The Labute approximate surface area is 79.9 Å². The van der Waals surface area contributed by atoms with Crippen molar-refractivity contribution in [1.29, 1.82) is 0 Å². The Morgan fingerprint density at radius 3 is 2.00 bits per heavy atom. The van der Waals surface area contributed by atoms with Crippen molar-refractivity contribution in [3.63, 3.8) is 0 Å². The number of hydrogen-bond acceptors (Lipinski definition) is 2. The Balaban J connectivity index is 2.70. The molecule has 0 aliphatic rings. The Kier molecular flexibility index (Phi) is 2.81. The quantitative estimate of drug-likeness (QED) is 0.753. The second-order valence-electron chi connectivity index (χ2n) is 4.10. The topological polar surface area (TPSA) is 21.3 Å². The summed E-state index contributed by atoms with van der Waals surface area (Å²) in [7, 11) is 1.67. The Bertz CT molecular complexity index is 258. The number of hydrogen-bond donors (Lipinski definition) is 1. The fourth-order valence-corrected chi connectivity index (χ4v) is 1.11. The molecule has 1 aromatic rings. The van der Waals surface area contributed by atoms with Crippen molar-refractivity contribution in [2.75, 3.05) is 12.4 Å². The number of rotatable bonds is 2. The molecule has 0 unspecified atom stereocenters. The van der Waals surface area contributed by atoms with Crippen LogP contribution < -0.4 is 10.1 Å². The summed E-state index contributed by atoms with van der Waals surface area (Å²) in [6.45, 7) is 6.41. The molecule has 1 aromatic carbocycles. The van der Waals surface area contributed by atoms with Gasteiger partial charge >= 0.3 is 0 Å². The van der Waals surface area contributed by atoms with E-state index in [1.54, 1.807) is 7.11 Å². The maximum Gasteiger partial charge on any atom is 0.119 e. The van der Waals surface area contributed by atoms with Gasteiger partial charge in [0.25, 0.3) is 0 Å². The lowest BCUT2D eigenvalue weighted by atomic mass is 10.1. The van der Waals surface area contributed by atoms with Crippen molar-refractivity contribution in [2.24, 2.45) is 0 Å². The van der Waals surface area contributed by atoms with Crippen molar-refractivity contribution >= 4 is 5.69 Å². The average Bonchev–Trinajstić information content (AvgIpc) is 2.03. The zero-order valence-electron chi connectivity index (χ0n) is 8.72. The summed E-state index contributed by atoms with van der Waals surface area (Å²) >= 11 is 0. The molecule has 0 saturated carbocycles. The standard InChI is InChI=1S/C11H17NO/c1-11(2,3)12-9-5-7-10(13-4)8-6-9/h5-8,12H,1-4H3. The van der Waals surface area contributed by atoms with Gasteiger partial charge in [0, 0.05) is 11.2 Å². The van der Waals surface area contributed by atoms with Gasteiger partial charge in [-0.1, -0.05) is 0 Å². The number of methoxy groups -OCH3 is 1. The molecule has 0 bridgehead atoms. The average molecular weight is 179 g/mol. The Morgan fingerprint density at radius 1 is 1.08 bits per heavy atom. The maximum absolute atomic E-state index is 5.07. The molecule has 1 rings (SSSR count). The summed E-state index contributed by atoms with van der Waals surface area (Å²) in [5.74, 6) is 0.888. The van der Waals surface area contributed by atoms with Gasteiger partial charge in [0.1, 0.15) is 5.75 Å². The molecule has 0 saturated heterocycles. The van der Waals surface area contributed by atoms with Crippen molar-refractivity contribution in [3.05, 3.63) is 24.3 Å². The van der Waals surface area contributed by atoms with E-state index < -0.39 is 0 Å². The highest BCUT2D eigenvalue weighted by Gasteiger charge is 2.08. The number of anilines is 1. The van der Waals surface area contributed by atoms with Gasteiger partial charge in [-0.25, -0.2) is 0 Å². The van der Waals surface area contributed by atoms with Gasteiger partial charge in [-0.2, -0.15) is 0 Å². The molecule has 0 aliphatic heterocycles. The van der Waals surface area contributed by atoms with E-state index in [1.807, 2.05) is 24.3 Å².